The molecule has 0 atom stereocenters. The summed E-state index contributed by atoms with van der Waals surface area (Å²) < 4.78 is 25.4. The predicted molar refractivity (Wildman–Crippen MR) is 131 cm³/mol. The number of fused-ring (bicyclic) bond motifs is 2. The average Bonchev–Trinajstić information content (AvgIpc) is 3.14. The Morgan fingerprint density at radius 2 is 1.88 bits per heavy atom. The van der Waals surface area contributed by atoms with Crippen molar-refractivity contribution in [2.24, 2.45) is 7.05 Å². The average molecular weight is 463 g/mol. The lowest BCUT2D eigenvalue weighted by Crippen LogP contribution is -2.37. The van der Waals surface area contributed by atoms with Crippen LogP contribution >= 0.6 is 0 Å². The van der Waals surface area contributed by atoms with E-state index >= 15 is 0 Å². The van der Waals surface area contributed by atoms with E-state index in [1.165, 1.54) is 12.0 Å². The monoisotopic (exact) mass is 462 g/mol. The van der Waals surface area contributed by atoms with Gasteiger partial charge in [-0.15, -0.1) is 0 Å². The third-order valence-corrected chi connectivity index (χ3v) is 6.33. The van der Waals surface area contributed by atoms with E-state index in [-0.39, 0.29) is 0 Å². The molecule has 0 N–H and O–H groups in total. The molecule has 1 aliphatic heterocycles. The van der Waals surface area contributed by atoms with Gasteiger partial charge >= 0.3 is 0 Å². The standard InChI is InChI=1S/C26H30N4O4/c1-18-13-19-14-20(5-6-23(19)29(18)2)34-26-21-15-24(31-3)25(16-22(21)27-17-28-26)33-10-4-7-30-8-11-32-12-9-30/h5-6,13-17H,4,7-12H2,1-3H3. The maximum Gasteiger partial charge on any atom is 0.230 e. The second-order valence-electron chi connectivity index (χ2n) is 8.52. The Bertz CT molecular complexity index is 1300. The maximum absolute atomic E-state index is 6.18. The van der Waals surface area contributed by atoms with Crippen LogP contribution in [0, 0.1) is 6.92 Å². The molecule has 8 heteroatoms. The van der Waals surface area contributed by atoms with E-state index in [4.69, 9.17) is 18.9 Å². The van der Waals surface area contributed by atoms with Gasteiger partial charge in [0.2, 0.25) is 5.88 Å². The second kappa shape index (κ2) is 9.87. The van der Waals surface area contributed by atoms with Crippen molar-refractivity contribution in [2.75, 3.05) is 46.6 Å². The van der Waals surface area contributed by atoms with Gasteiger partial charge in [-0.25, -0.2) is 9.97 Å². The van der Waals surface area contributed by atoms with Crippen molar-refractivity contribution in [3.8, 4) is 23.1 Å². The Labute approximate surface area is 199 Å². The van der Waals surface area contributed by atoms with Crippen LogP contribution in [0.3, 0.4) is 0 Å². The molecule has 1 fully saturated rings. The van der Waals surface area contributed by atoms with Crippen molar-refractivity contribution in [3.63, 3.8) is 0 Å². The summed E-state index contributed by atoms with van der Waals surface area (Å²) in [6, 6.07) is 12.0. The summed E-state index contributed by atoms with van der Waals surface area (Å²) in [5.41, 5.74) is 3.10. The van der Waals surface area contributed by atoms with E-state index in [9.17, 15) is 0 Å². The quantitative estimate of drug-likeness (QED) is 0.361. The summed E-state index contributed by atoms with van der Waals surface area (Å²) >= 11 is 0. The number of rotatable bonds is 8. The van der Waals surface area contributed by atoms with Gasteiger partial charge in [-0.3, -0.25) is 4.90 Å². The van der Waals surface area contributed by atoms with Gasteiger partial charge in [0, 0.05) is 49.3 Å². The number of benzene rings is 2. The van der Waals surface area contributed by atoms with Crippen molar-refractivity contribution in [1.82, 2.24) is 19.4 Å². The highest BCUT2D eigenvalue weighted by Crippen LogP contribution is 2.36. The summed E-state index contributed by atoms with van der Waals surface area (Å²) in [7, 11) is 3.70. The number of aromatic nitrogens is 3. The molecule has 2 aromatic carbocycles. The van der Waals surface area contributed by atoms with Crippen LogP contribution in [0.15, 0.2) is 42.7 Å². The fourth-order valence-corrected chi connectivity index (χ4v) is 4.33. The van der Waals surface area contributed by atoms with Crippen LogP contribution in [-0.2, 0) is 11.8 Å². The molecular formula is C26H30N4O4. The molecule has 0 amide bonds. The number of nitrogens with zero attached hydrogens (tertiary/aromatic N) is 4. The Kier molecular flexibility index (Phi) is 6.51. The van der Waals surface area contributed by atoms with Gasteiger partial charge in [-0.1, -0.05) is 0 Å². The molecule has 0 spiro atoms. The maximum atomic E-state index is 6.18. The molecule has 178 valence electrons. The SMILES string of the molecule is COc1cc2c(Oc3ccc4c(c3)cc(C)n4C)ncnc2cc1OCCCN1CCOCC1. The van der Waals surface area contributed by atoms with Crippen LogP contribution in [0.1, 0.15) is 12.1 Å². The molecule has 0 radical (unpaired) electrons. The van der Waals surface area contributed by atoms with E-state index in [2.05, 4.69) is 45.5 Å². The van der Waals surface area contributed by atoms with Gasteiger partial charge < -0.3 is 23.5 Å². The predicted octanol–water partition coefficient (Wildman–Crippen LogP) is 4.33. The molecule has 2 aromatic heterocycles. The van der Waals surface area contributed by atoms with Gasteiger partial charge in [0.05, 0.1) is 37.8 Å². The molecule has 0 aliphatic carbocycles. The zero-order valence-electron chi connectivity index (χ0n) is 19.9. The van der Waals surface area contributed by atoms with E-state index < -0.39 is 0 Å². The molecule has 0 bridgehead atoms. The molecule has 1 saturated heterocycles. The van der Waals surface area contributed by atoms with Gasteiger partial charge in [-0.05, 0) is 43.7 Å². The van der Waals surface area contributed by atoms with Gasteiger partial charge in [-0.2, -0.15) is 0 Å². The molecule has 8 nitrogen and oxygen atoms in total. The van der Waals surface area contributed by atoms with Crippen LogP contribution in [0.2, 0.25) is 0 Å². The summed E-state index contributed by atoms with van der Waals surface area (Å²) in [6.07, 6.45) is 2.44. The minimum Gasteiger partial charge on any atom is -0.493 e. The van der Waals surface area contributed by atoms with Crippen LogP contribution in [0.5, 0.6) is 23.1 Å². The Balaban J connectivity index is 1.33. The lowest BCUT2D eigenvalue weighted by molar-refractivity contribution is 0.0357. The summed E-state index contributed by atoms with van der Waals surface area (Å²) in [5, 5.41) is 1.89. The van der Waals surface area contributed by atoms with Crippen LogP contribution in [0.25, 0.3) is 21.8 Å². The van der Waals surface area contributed by atoms with Crippen molar-refractivity contribution in [1.29, 1.82) is 0 Å². The minimum atomic E-state index is 0.481. The first-order valence-corrected chi connectivity index (χ1v) is 11.6. The fraction of sp³-hybridized carbons (Fsp3) is 0.385. The Morgan fingerprint density at radius 3 is 2.71 bits per heavy atom. The van der Waals surface area contributed by atoms with Crippen LogP contribution in [-0.4, -0.2) is 66.0 Å². The lowest BCUT2D eigenvalue weighted by atomic mass is 10.2. The van der Waals surface area contributed by atoms with Crippen molar-refractivity contribution < 1.29 is 18.9 Å². The molecule has 5 rings (SSSR count). The number of ether oxygens (including phenoxy) is 4. The molecule has 0 unspecified atom stereocenters. The first-order chi connectivity index (χ1) is 16.6. The van der Waals surface area contributed by atoms with Crippen molar-refractivity contribution in [3.05, 3.63) is 48.4 Å². The van der Waals surface area contributed by atoms with Crippen LogP contribution in [0.4, 0.5) is 0 Å². The Hall–Kier alpha value is -3.36. The third-order valence-electron chi connectivity index (χ3n) is 6.33. The summed E-state index contributed by atoms with van der Waals surface area (Å²) in [4.78, 5) is 11.2. The van der Waals surface area contributed by atoms with Gasteiger partial charge in [0.25, 0.3) is 0 Å². The molecule has 0 saturated carbocycles. The fourth-order valence-electron chi connectivity index (χ4n) is 4.33. The molecule has 3 heterocycles. The van der Waals surface area contributed by atoms with E-state index in [0.29, 0.717) is 24.0 Å². The highest BCUT2D eigenvalue weighted by molar-refractivity contribution is 5.87. The number of methoxy groups -OCH3 is 1. The van der Waals surface area contributed by atoms with Crippen molar-refractivity contribution in [2.45, 2.75) is 13.3 Å². The normalized spacial score (nSPS) is 14.6. The summed E-state index contributed by atoms with van der Waals surface area (Å²) in [6.45, 7) is 7.26. The highest BCUT2D eigenvalue weighted by atomic mass is 16.5. The number of morpholine rings is 1. The first-order valence-electron chi connectivity index (χ1n) is 11.6. The van der Waals surface area contributed by atoms with Gasteiger partial charge in [0.15, 0.2) is 11.5 Å². The largest absolute Gasteiger partial charge is 0.493 e. The van der Waals surface area contributed by atoms with Crippen molar-refractivity contribution >= 4 is 21.8 Å². The first kappa shape index (κ1) is 22.4. The molecule has 4 aromatic rings. The third kappa shape index (κ3) is 4.64. The molecule has 1 aliphatic rings. The van der Waals surface area contributed by atoms with E-state index in [0.717, 1.165) is 66.8 Å². The summed E-state index contributed by atoms with van der Waals surface area (Å²) in [5.74, 6) is 2.50. The van der Waals surface area contributed by atoms with E-state index in [1.54, 1.807) is 7.11 Å². The zero-order valence-corrected chi connectivity index (χ0v) is 19.9. The van der Waals surface area contributed by atoms with E-state index in [1.807, 2.05) is 24.3 Å². The molecule has 34 heavy (non-hydrogen) atoms. The van der Waals surface area contributed by atoms with Crippen LogP contribution < -0.4 is 14.2 Å². The zero-order chi connectivity index (χ0) is 23.5. The smallest absolute Gasteiger partial charge is 0.230 e. The second-order valence-corrected chi connectivity index (χ2v) is 8.52. The van der Waals surface area contributed by atoms with Gasteiger partial charge in [0.1, 0.15) is 12.1 Å². The number of hydrogen-bond donors (Lipinski definition) is 0. The minimum absolute atomic E-state index is 0.481. The Morgan fingerprint density at radius 1 is 1.03 bits per heavy atom. The number of aryl methyl sites for hydroxylation is 2. The molecular weight excluding hydrogens is 432 g/mol. The highest BCUT2D eigenvalue weighted by Gasteiger charge is 2.15. The lowest BCUT2D eigenvalue weighted by Gasteiger charge is -2.26. The number of hydrogen-bond acceptors (Lipinski definition) is 7. The topological polar surface area (TPSA) is 70.9 Å².